The number of hydrogen-bond donors (Lipinski definition) is 2. The summed E-state index contributed by atoms with van der Waals surface area (Å²) in [6, 6.07) is 12.0. The molecule has 1 aliphatic carbocycles. The summed E-state index contributed by atoms with van der Waals surface area (Å²) in [5, 5.41) is 10.9. The van der Waals surface area contributed by atoms with E-state index in [2.05, 4.69) is 17.1 Å². The lowest BCUT2D eigenvalue weighted by molar-refractivity contribution is 0.0227. The van der Waals surface area contributed by atoms with Crippen LogP contribution in [0.3, 0.4) is 0 Å². The number of benzene rings is 1. The standard InChI is InChI=1S/C15H16N2O/c16-14-13(6-3-9-17-14)15(18)8-7-11-4-1-2-5-12(11)10-15/h1-6,9,18H,7-8,10H2,(H2,16,17). The topological polar surface area (TPSA) is 59.1 Å². The van der Waals surface area contributed by atoms with E-state index in [4.69, 9.17) is 5.73 Å². The minimum atomic E-state index is -0.882. The SMILES string of the molecule is Nc1ncccc1C1(O)CCc2ccccc2C1. The number of pyridine rings is 1. The van der Waals surface area contributed by atoms with E-state index in [1.807, 2.05) is 24.3 Å². The van der Waals surface area contributed by atoms with Crippen molar-refractivity contribution in [1.29, 1.82) is 0 Å². The van der Waals surface area contributed by atoms with Crippen LogP contribution in [0.15, 0.2) is 42.6 Å². The highest BCUT2D eigenvalue weighted by molar-refractivity contribution is 5.45. The first kappa shape index (κ1) is 11.2. The molecule has 1 aliphatic rings. The first-order valence-electron chi connectivity index (χ1n) is 6.19. The first-order chi connectivity index (χ1) is 8.69. The van der Waals surface area contributed by atoms with Gasteiger partial charge in [0.05, 0.1) is 5.60 Å². The summed E-state index contributed by atoms with van der Waals surface area (Å²) >= 11 is 0. The minimum absolute atomic E-state index is 0.430. The molecule has 3 N–H and O–H groups in total. The zero-order chi connectivity index (χ0) is 12.6. The molecule has 0 fully saturated rings. The molecular weight excluding hydrogens is 224 g/mol. The van der Waals surface area contributed by atoms with Crippen LogP contribution in [0.1, 0.15) is 23.1 Å². The van der Waals surface area contributed by atoms with Crippen molar-refractivity contribution >= 4 is 5.82 Å². The van der Waals surface area contributed by atoms with Crippen molar-refractivity contribution < 1.29 is 5.11 Å². The minimum Gasteiger partial charge on any atom is -0.385 e. The van der Waals surface area contributed by atoms with E-state index in [-0.39, 0.29) is 0 Å². The smallest absolute Gasteiger partial charge is 0.129 e. The van der Waals surface area contributed by atoms with Crippen LogP contribution in [0.25, 0.3) is 0 Å². The summed E-state index contributed by atoms with van der Waals surface area (Å²) < 4.78 is 0. The molecule has 1 aromatic heterocycles. The van der Waals surface area contributed by atoms with E-state index in [9.17, 15) is 5.11 Å². The van der Waals surface area contributed by atoms with E-state index in [1.54, 1.807) is 6.20 Å². The molecular formula is C15H16N2O. The van der Waals surface area contributed by atoms with E-state index >= 15 is 0 Å². The summed E-state index contributed by atoms with van der Waals surface area (Å²) in [4.78, 5) is 4.07. The monoisotopic (exact) mass is 240 g/mol. The van der Waals surface area contributed by atoms with Crippen molar-refractivity contribution in [1.82, 2.24) is 4.98 Å². The molecule has 0 amide bonds. The highest BCUT2D eigenvalue weighted by Crippen LogP contribution is 2.37. The number of rotatable bonds is 1. The summed E-state index contributed by atoms with van der Waals surface area (Å²) in [5.41, 5.74) is 8.28. The lowest BCUT2D eigenvalue weighted by Crippen LogP contribution is -2.34. The summed E-state index contributed by atoms with van der Waals surface area (Å²) in [6.07, 6.45) is 3.83. The number of nitrogens with two attached hydrogens (primary N) is 1. The fourth-order valence-electron chi connectivity index (χ4n) is 2.76. The lowest BCUT2D eigenvalue weighted by atomic mass is 9.76. The van der Waals surface area contributed by atoms with Gasteiger partial charge in [-0.1, -0.05) is 30.3 Å². The zero-order valence-corrected chi connectivity index (χ0v) is 10.1. The van der Waals surface area contributed by atoms with E-state index in [1.165, 1.54) is 11.1 Å². The number of nitrogens with zero attached hydrogens (tertiary/aromatic N) is 1. The predicted octanol–water partition coefficient (Wildman–Crippen LogP) is 2.04. The normalized spacial score (nSPS) is 22.5. The Kier molecular flexibility index (Phi) is 2.56. The number of aryl methyl sites for hydroxylation is 1. The third-order valence-electron chi connectivity index (χ3n) is 3.75. The second-order valence-corrected chi connectivity index (χ2v) is 4.91. The average Bonchev–Trinajstić information content (AvgIpc) is 2.39. The summed E-state index contributed by atoms with van der Waals surface area (Å²) in [5.74, 6) is 0.430. The molecule has 1 heterocycles. The summed E-state index contributed by atoms with van der Waals surface area (Å²) in [6.45, 7) is 0. The Morgan fingerprint density at radius 1 is 1.11 bits per heavy atom. The van der Waals surface area contributed by atoms with Crippen molar-refractivity contribution in [3.05, 3.63) is 59.3 Å². The number of fused-ring (bicyclic) bond motifs is 1. The predicted molar refractivity (Wildman–Crippen MR) is 71.0 cm³/mol. The first-order valence-corrected chi connectivity index (χ1v) is 6.19. The van der Waals surface area contributed by atoms with Gasteiger partial charge in [0.15, 0.2) is 0 Å². The van der Waals surface area contributed by atoms with Gasteiger partial charge in [-0.2, -0.15) is 0 Å². The number of anilines is 1. The fraction of sp³-hybridized carbons (Fsp3) is 0.267. The van der Waals surface area contributed by atoms with Gasteiger partial charge in [0.2, 0.25) is 0 Å². The van der Waals surface area contributed by atoms with Crippen LogP contribution in [0.4, 0.5) is 5.82 Å². The molecule has 0 bridgehead atoms. The molecule has 0 radical (unpaired) electrons. The molecule has 1 unspecified atom stereocenters. The van der Waals surface area contributed by atoms with Crippen LogP contribution in [-0.2, 0) is 18.4 Å². The Balaban J connectivity index is 2.02. The molecule has 0 spiro atoms. The molecule has 3 nitrogen and oxygen atoms in total. The van der Waals surface area contributed by atoms with Crippen molar-refractivity contribution in [2.75, 3.05) is 5.73 Å². The fourth-order valence-corrected chi connectivity index (χ4v) is 2.76. The summed E-state index contributed by atoms with van der Waals surface area (Å²) in [7, 11) is 0. The molecule has 3 heteroatoms. The number of aromatic nitrogens is 1. The van der Waals surface area contributed by atoms with Gasteiger partial charge in [0.25, 0.3) is 0 Å². The highest BCUT2D eigenvalue weighted by Gasteiger charge is 2.35. The van der Waals surface area contributed by atoms with E-state index < -0.39 is 5.60 Å². The van der Waals surface area contributed by atoms with Gasteiger partial charge in [-0.25, -0.2) is 4.98 Å². The van der Waals surface area contributed by atoms with Crippen LogP contribution >= 0.6 is 0 Å². The molecule has 0 saturated carbocycles. The number of hydrogen-bond acceptors (Lipinski definition) is 3. The van der Waals surface area contributed by atoms with Gasteiger partial charge in [0.1, 0.15) is 5.82 Å². The van der Waals surface area contributed by atoms with E-state index in [0.29, 0.717) is 18.7 Å². The van der Waals surface area contributed by atoms with Crippen molar-refractivity contribution in [3.8, 4) is 0 Å². The third kappa shape index (κ3) is 1.77. The Hall–Kier alpha value is -1.87. The Morgan fingerprint density at radius 3 is 2.67 bits per heavy atom. The molecule has 92 valence electrons. The Bertz CT molecular complexity index is 582. The van der Waals surface area contributed by atoms with Gasteiger partial charge in [-0.05, 0) is 30.0 Å². The van der Waals surface area contributed by atoms with Crippen LogP contribution in [0.2, 0.25) is 0 Å². The van der Waals surface area contributed by atoms with Gasteiger partial charge in [-0.3, -0.25) is 0 Å². The molecule has 0 saturated heterocycles. The molecule has 3 rings (SSSR count). The molecule has 0 aliphatic heterocycles. The zero-order valence-electron chi connectivity index (χ0n) is 10.1. The maximum absolute atomic E-state index is 10.9. The van der Waals surface area contributed by atoms with Crippen LogP contribution in [0, 0.1) is 0 Å². The lowest BCUT2D eigenvalue weighted by Gasteiger charge is -2.34. The Morgan fingerprint density at radius 2 is 1.89 bits per heavy atom. The molecule has 1 atom stereocenters. The number of aliphatic hydroxyl groups is 1. The van der Waals surface area contributed by atoms with Gasteiger partial charge >= 0.3 is 0 Å². The average molecular weight is 240 g/mol. The maximum Gasteiger partial charge on any atom is 0.129 e. The second-order valence-electron chi connectivity index (χ2n) is 4.91. The number of nitrogen functional groups attached to an aromatic ring is 1. The van der Waals surface area contributed by atoms with Crippen molar-refractivity contribution in [2.45, 2.75) is 24.9 Å². The second kappa shape index (κ2) is 4.10. The molecule has 18 heavy (non-hydrogen) atoms. The van der Waals surface area contributed by atoms with Crippen molar-refractivity contribution in [2.24, 2.45) is 0 Å². The van der Waals surface area contributed by atoms with Gasteiger partial charge in [0, 0.05) is 18.2 Å². The van der Waals surface area contributed by atoms with Gasteiger partial charge < -0.3 is 10.8 Å². The van der Waals surface area contributed by atoms with E-state index in [0.717, 1.165) is 12.0 Å². The quantitative estimate of drug-likeness (QED) is 0.802. The highest BCUT2D eigenvalue weighted by atomic mass is 16.3. The largest absolute Gasteiger partial charge is 0.385 e. The van der Waals surface area contributed by atoms with Crippen LogP contribution < -0.4 is 5.73 Å². The van der Waals surface area contributed by atoms with Gasteiger partial charge in [-0.15, -0.1) is 0 Å². The van der Waals surface area contributed by atoms with Crippen LogP contribution in [-0.4, -0.2) is 10.1 Å². The molecule has 1 aromatic carbocycles. The van der Waals surface area contributed by atoms with Crippen molar-refractivity contribution in [3.63, 3.8) is 0 Å². The Labute approximate surface area is 106 Å². The third-order valence-corrected chi connectivity index (χ3v) is 3.75. The molecule has 2 aromatic rings. The van der Waals surface area contributed by atoms with Crippen LogP contribution in [0.5, 0.6) is 0 Å². The maximum atomic E-state index is 10.9.